The Bertz CT molecular complexity index is 1390. The molecule has 184 valence electrons. The number of nitrogens with zero attached hydrogens (tertiary/aromatic N) is 4. The van der Waals surface area contributed by atoms with Crippen LogP contribution in [0.4, 0.5) is 26.4 Å². The highest BCUT2D eigenvalue weighted by atomic mass is 35.5. The molecule has 2 aromatic heterocycles. The van der Waals surface area contributed by atoms with Crippen LogP contribution in [0.5, 0.6) is 0 Å². The second kappa shape index (κ2) is 8.65. The molecule has 1 saturated heterocycles. The summed E-state index contributed by atoms with van der Waals surface area (Å²) in [5.74, 6) is -0.223. The van der Waals surface area contributed by atoms with Crippen LogP contribution in [0.15, 0.2) is 39.0 Å². The Kier molecular flexibility index (Phi) is 5.89. The predicted molar refractivity (Wildman–Crippen MR) is 133 cm³/mol. The summed E-state index contributed by atoms with van der Waals surface area (Å²) in [6.07, 6.45) is 3.08. The van der Waals surface area contributed by atoms with Crippen molar-refractivity contribution < 1.29 is 8.78 Å². The topological polar surface area (TPSA) is 129 Å². The maximum atomic E-state index is 14.4. The molecule has 12 heteroatoms. The van der Waals surface area contributed by atoms with Gasteiger partial charge in [-0.05, 0) is 48.4 Å². The first-order chi connectivity index (χ1) is 16.6. The molecule has 8 nitrogen and oxygen atoms in total. The molecule has 0 unspecified atom stereocenters. The quantitative estimate of drug-likeness (QED) is 0.481. The van der Waals surface area contributed by atoms with Crippen LogP contribution in [0, 0.1) is 17.0 Å². The number of nitrogen functional groups attached to an aromatic ring is 2. The largest absolute Gasteiger partial charge is 0.382 e. The van der Waals surface area contributed by atoms with Crippen LogP contribution in [0.2, 0.25) is 5.02 Å². The van der Waals surface area contributed by atoms with Gasteiger partial charge in [0.05, 0.1) is 5.02 Å². The summed E-state index contributed by atoms with van der Waals surface area (Å²) >= 11 is 7.30. The van der Waals surface area contributed by atoms with Gasteiger partial charge in [-0.1, -0.05) is 23.4 Å². The van der Waals surface area contributed by atoms with E-state index in [1.54, 1.807) is 13.1 Å². The van der Waals surface area contributed by atoms with E-state index in [0.717, 1.165) is 23.9 Å². The number of rotatable bonds is 3. The molecule has 6 N–H and O–H groups in total. The Balaban J connectivity index is 1.39. The fourth-order valence-electron chi connectivity index (χ4n) is 5.13. The summed E-state index contributed by atoms with van der Waals surface area (Å²) in [6.45, 7) is 1.04. The predicted octanol–water partition coefficient (Wildman–Crippen LogP) is 3.27. The van der Waals surface area contributed by atoms with Gasteiger partial charge in [0, 0.05) is 42.8 Å². The van der Waals surface area contributed by atoms with Crippen LogP contribution in [-0.2, 0) is 13.5 Å². The molecule has 1 aliphatic heterocycles. The number of nitrogens with two attached hydrogens (primary N) is 3. The van der Waals surface area contributed by atoms with Gasteiger partial charge >= 0.3 is 0 Å². The summed E-state index contributed by atoms with van der Waals surface area (Å²) in [5, 5.41) is 0.242. The normalized spacial score (nSPS) is 18.8. The van der Waals surface area contributed by atoms with Crippen LogP contribution < -0.4 is 27.7 Å². The van der Waals surface area contributed by atoms with Gasteiger partial charge in [-0.2, -0.15) is 4.98 Å². The van der Waals surface area contributed by atoms with Crippen LogP contribution in [0.25, 0.3) is 0 Å². The molecular weight excluding hydrogens is 496 g/mol. The lowest BCUT2D eigenvalue weighted by Crippen LogP contribution is -2.46. The lowest BCUT2D eigenvalue weighted by atomic mass is 9.73. The van der Waals surface area contributed by atoms with Crippen molar-refractivity contribution in [1.82, 2.24) is 14.5 Å². The Hall–Kier alpha value is -2.89. The summed E-state index contributed by atoms with van der Waals surface area (Å²) < 4.78 is 30.3. The van der Waals surface area contributed by atoms with Crippen LogP contribution >= 0.6 is 23.4 Å². The monoisotopic (exact) mass is 519 g/mol. The summed E-state index contributed by atoms with van der Waals surface area (Å²) in [6, 6.07) is 3.35. The summed E-state index contributed by atoms with van der Waals surface area (Å²) in [4.78, 5) is 24.4. The second-order valence-corrected chi connectivity index (χ2v) is 10.5. The minimum Gasteiger partial charge on any atom is -0.382 e. The number of pyridine rings is 1. The minimum atomic E-state index is -0.589. The van der Waals surface area contributed by atoms with E-state index in [4.69, 9.17) is 28.8 Å². The third-order valence-corrected chi connectivity index (χ3v) is 8.79. The molecule has 0 bridgehead atoms. The zero-order valence-corrected chi connectivity index (χ0v) is 20.5. The Morgan fingerprint density at radius 2 is 1.83 bits per heavy atom. The number of piperidine rings is 1. The molecule has 35 heavy (non-hydrogen) atoms. The van der Waals surface area contributed by atoms with Gasteiger partial charge in [0.25, 0.3) is 5.56 Å². The summed E-state index contributed by atoms with van der Waals surface area (Å²) in [5.41, 5.74) is 18.3. The number of anilines is 3. The van der Waals surface area contributed by atoms with Gasteiger partial charge in [-0.15, -0.1) is 0 Å². The van der Waals surface area contributed by atoms with E-state index < -0.39 is 23.1 Å². The number of hydrogen-bond donors (Lipinski definition) is 3. The van der Waals surface area contributed by atoms with Crippen molar-refractivity contribution in [2.75, 3.05) is 29.5 Å². The highest BCUT2D eigenvalue weighted by Gasteiger charge is 2.48. The average molecular weight is 520 g/mol. The first kappa shape index (κ1) is 23.8. The average Bonchev–Trinajstić information content (AvgIpc) is 3.12. The molecule has 1 atom stereocenters. The van der Waals surface area contributed by atoms with Gasteiger partial charge in [0.2, 0.25) is 5.95 Å². The number of fused-ring (bicyclic) bond motifs is 1. The molecule has 5 rings (SSSR count). The van der Waals surface area contributed by atoms with Crippen molar-refractivity contribution in [2.24, 2.45) is 18.2 Å². The van der Waals surface area contributed by atoms with Crippen molar-refractivity contribution in [3.63, 3.8) is 0 Å². The van der Waals surface area contributed by atoms with E-state index in [1.807, 2.05) is 4.90 Å². The van der Waals surface area contributed by atoms with Crippen LogP contribution in [-0.4, -0.2) is 27.6 Å². The Morgan fingerprint density at radius 1 is 1.14 bits per heavy atom. The highest BCUT2D eigenvalue weighted by Crippen LogP contribution is 2.52. The Morgan fingerprint density at radius 3 is 2.51 bits per heavy atom. The molecular formula is C23H24ClF2N7OS. The van der Waals surface area contributed by atoms with E-state index in [2.05, 4.69) is 9.97 Å². The van der Waals surface area contributed by atoms with Gasteiger partial charge in [0.1, 0.15) is 28.2 Å². The Labute approximate surface area is 209 Å². The first-order valence-corrected chi connectivity index (χ1v) is 12.2. The maximum absolute atomic E-state index is 14.4. The third kappa shape index (κ3) is 3.82. The minimum absolute atomic E-state index is 0.0777. The second-order valence-electron chi connectivity index (χ2n) is 9.03. The molecule has 1 fully saturated rings. The highest BCUT2D eigenvalue weighted by molar-refractivity contribution is 7.99. The van der Waals surface area contributed by atoms with E-state index in [1.165, 1.54) is 10.8 Å². The smallest absolute Gasteiger partial charge is 0.270 e. The van der Waals surface area contributed by atoms with E-state index in [-0.39, 0.29) is 32.7 Å². The fourth-order valence-corrected chi connectivity index (χ4v) is 6.27. The molecule has 2 aliphatic rings. The lowest BCUT2D eigenvalue weighted by Gasteiger charge is -2.42. The van der Waals surface area contributed by atoms with Crippen LogP contribution in [0.1, 0.15) is 30.0 Å². The number of aromatic nitrogens is 3. The maximum Gasteiger partial charge on any atom is 0.270 e. The van der Waals surface area contributed by atoms with E-state index in [0.29, 0.717) is 48.8 Å². The fraction of sp³-hybridized carbons (Fsp3) is 0.348. The van der Waals surface area contributed by atoms with Crippen molar-refractivity contribution in [2.45, 2.75) is 35.1 Å². The van der Waals surface area contributed by atoms with Gasteiger partial charge in [0.15, 0.2) is 0 Å². The third-order valence-electron chi connectivity index (χ3n) is 7.13. The van der Waals surface area contributed by atoms with Crippen molar-refractivity contribution in [3.8, 4) is 0 Å². The van der Waals surface area contributed by atoms with Gasteiger partial charge < -0.3 is 22.1 Å². The van der Waals surface area contributed by atoms with E-state index >= 15 is 0 Å². The van der Waals surface area contributed by atoms with Gasteiger partial charge in [-0.25, -0.2) is 13.8 Å². The number of halogens is 3. The lowest BCUT2D eigenvalue weighted by molar-refractivity contribution is 0.184. The molecule has 1 spiro atoms. The number of hydrogen-bond acceptors (Lipinski definition) is 8. The molecule has 3 heterocycles. The van der Waals surface area contributed by atoms with Crippen LogP contribution in [0.3, 0.4) is 0 Å². The SMILES string of the molecule is Cn1c(N2CCC3(CC2)Cc2c(F)ccc(F)c2[C@H]3N)nc(N)c(Sc2ccnc(N)c2Cl)c1=O. The van der Waals surface area contributed by atoms with Crippen molar-refractivity contribution >= 4 is 40.9 Å². The van der Waals surface area contributed by atoms with E-state index in [9.17, 15) is 13.6 Å². The first-order valence-electron chi connectivity index (χ1n) is 11.0. The zero-order chi connectivity index (χ0) is 25.1. The summed E-state index contributed by atoms with van der Waals surface area (Å²) in [7, 11) is 1.63. The molecule has 0 amide bonds. The molecule has 1 aromatic carbocycles. The molecule has 3 aromatic rings. The molecule has 0 saturated carbocycles. The van der Waals surface area contributed by atoms with Gasteiger partial charge in [-0.3, -0.25) is 9.36 Å². The molecule has 0 radical (unpaired) electrons. The molecule has 1 aliphatic carbocycles. The van der Waals surface area contributed by atoms with Crippen molar-refractivity contribution in [3.05, 3.63) is 62.5 Å². The zero-order valence-electron chi connectivity index (χ0n) is 18.9. The standard InChI is InChI=1S/C23H24ClF2N7OS/c1-32-21(34)17(35-14-4-7-30-19(28)16(14)24)20(29)31-22(32)33-8-5-23(6-9-33)10-11-12(25)2-3-13(26)15(11)18(23)27/h2-4,7,18H,5-6,8-10,27,29H2,1H3,(H2,28,30)/t18-/m1/s1. The number of benzene rings is 1. The van der Waals surface area contributed by atoms with Crippen molar-refractivity contribution in [1.29, 1.82) is 0 Å².